The summed E-state index contributed by atoms with van der Waals surface area (Å²) in [6.45, 7) is 9.88. The Bertz CT molecular complexity index is 545. The van der Waals surface area contributed by atoms with Crippen molar-refractivity contribution in [2.24, 2.45) is 4.99 Å². The summed E-state index contributed by atoms with van der Waals surface area (Å²) in [7, 11) is 1.72. The molecule has 1 aliphatic rings. The second kappa shape index (κ2) is 16.7. The van der Waals surface area contributed by atoms with Crippen LogP contribution in [0.3, 0.4) is 0 Å². The van der Waals surface area contributed by atoms with Crippen molar-refractivity contribution in [3.05, 3.63) is 29.8 Å². The quantitative estimate of drug-likeness (QED) is 0.181. The maximum Gasteiger partial charge on any atom is 0.191 e. The molecule has 0 spiro atoms. The molecule has 0 saturated carbocycles. The second-order valence-electron chi connectivity index (χ2n) is 7.35. The lowest BCUT2D eigenvalue weighted by Gasteiger charge is -2.20. The first-order valence-electron chi connectivity index (χ1n) is 10.9. The van der Waals surface area contributed by atoms with E-state index >= 15 is 0 Å². The van der Waals surface area contributed by atoms with E-state index in [0.717, 1.165) is 37.7 Å². The van der Waals surface area contributed by atoms with Crippen LogP contribution in [0, 0.1) is 0 Å². The van der Waals surface area contributed by atoms with Crippen molar-refractivity contribution in [2.75, 3.05) is 58.3 Å². The topological polar surface area (TPSA) is 60.9 Å². The fraction of sp³-hybridized carbons (Fsp3) is 0.682. The van der Waals surface area contributed by atoms with E-state index in [9.17, 15) is 0 Å². The Labute approximate surface area is 194 Å². The number of nitrogens with zero attached hydrogens (tertiary/aromatic N) is 2. The van der Waals surface area contributed by atoms with Crippen LogP contribution < -0.4 is 16.0 Å². The van der Waals surface area contributed by atoms with Gasteiger partial charge >= 0.3 is 0 Å². The van der Waals surface area contributed by atoms with Gasteiger partial charge in [0.15, 0.2) is 5.96 Å². The van der Waals surface area contributed by atoms with E-state index in [1.807, 2.05) is 0 Å². The Morgan fingerprint density at radius 2 is 1.76 bits per heavy atom. The van der Waals surface area contributed by atoms with Gasteiger partial charge in [0.05, 0.1) is 13.2 Å². The van der Waals surface area contributed by atoms with E-state index in [1.165, 1.54) is 50.9 Å². The zero-order valence-electron chi connectivity index (χ0n) is 18.2. The largest absolute Gasteiger partial charge is 0.383 e. The highest BCUT2D eigenvalue weighted by Crippen LogP contribution is 2.10. The van der Waals surface area contributed by atoms with E-state index in [2.05, 4.69) is 52.0 Å². The molecule has 0 unspecified atom stereocenters. The van der Waals surface area contributed by atoms with Gasteiger partial charge in [-0.25, -0.2) is 4.99 Å². The summed E-state index contributed by atoms with van der Waals surface area (Å²) in [5.74, 6) is 0.903. The first kappa shape index (κ1) is 26.0. The van der Waals surface area contributed by atoms with Crippen LogP contribution in [0.1, 0.15) is 44.6 Å². The third-order valence-electron chi connectivity index (χ3n) is 5.00. The number of benzene rings is 1. The zero-order chi connectivity index (χ0) is 19.9. The van der Waals surface area contributed by atoms with Crippen LogP contribution in [-0.2, 0) is 11.3 Å². The average Bonchev–Trinajstić information content (AvgIpc) is 2.99. The molecule has 166 valence electrons. The molecular formula is C22H40IN5O. The summed E-state index contributed by atoms with van der Waals surface area (Å²) in [4.78, 5) is 7.34. The fourth-order valence-electron chi connectivity index (χ4n) is 3.41. The van der Waals surface area contributed by atoms with Gasteiger partial charge in [0, 0.05) is 32.4 Å². The summed E-state index contributed by atoms with van der Waals surface area (Å²) >= 11 is 0. The predicted octanol–water partition coefficient (Wildman–Crippen LogP) is 3.68. The third-order valence-corrected chi connectivity index (χ3v) is 5.00. The van der Waals surface area contributed by atoms with Crippen LogP contribution in [0.2, 0.25) is 0 Å². The normalized spacial score (nSPS) is 15.3. The molecule has 1 heterocycles. The van der Waals surface area contributed by atoms with Crippen molar-refractivity contribution in [1.29, 1.82) is 0 Å². The number of halogens is 1. The monoisotopic (exact) mass is 517 g/mol. The molecule has 1 saturated heterocycles. The minimum atomic E-state index is 0. The lowest BCUT2D eigenvalue weighted by molar-refractivity contribution is 0.211. The standard InChI is InChI=1S/C22H39N5O.HI/c1-3-23-22(25-13-8-17-27-15-6-4-5-7-16-27)26-19-20-9-11-21(12-10-20)24-14-18-28-2;/h9-12,24H,3-8,13-19H2,1-2H3,(H2,23,25,26);1H. The number of hydrogen-bond acceptors (Lipinski definition) is 4. The van der Waals surface area contributed by atoms with Gasteiger partial charge in [-0.1, -0.05) is 25.0 Å². The molecule has 0 aromatic heterocycles. The molecule has 0 radical (unpaired) electrons. The summed E-state index contributed by atoms with van der Waals surface area (Å²) in [6.07, 6.45) is 6.68. The molecule has 1 fully saturated rings. The molecule has 7 heteroatoms. The lowest BCUT2D eigenvalue weighted by Crippen LogP contribution is -2.39. The molecule has 2 rings (SSSR count). The van der Waals surface area contributed by atoms with E-state index < -0.39 is 0 Å². The lowest BCUT2D eigenvalue weighted by atomic mass is 10.2. The van der Waals surface area contributed by atoms with Crippen LogP contribution >= 0.6 is 24.0 Å². The number of nitrogens with one attached hydrogen (secondary N) is 3. The van der Waals surface area contributed by atoms with Crippen LogP contribution in [0.25, 0.3) is 0 Å². The minimum absolute atomic E-state index is 0. The van der Waals surface area contributed by atoms with Gasteiger partial charge in [-0.2, -0.15) is 0 Å². The molecule has 0 atom stereocenters. The van der Waals surface area contributed by atoms with Crippen molar-refractivity contribution in [2.45, 2.75) is 45.6 Å². The van der Waals surface area contributed by atoms with Gasteiger partial charge in [0.2, 0.25) is 0 Å². The maximum absolute atomic E-state index is 5.06. The molecular weight excluding hydrogens is 477 g/mol. The Kier molecular flexibility index (Phi) is 15.0. The number of likely N-dealkylation sites (tertiary alicyclic amines) is 1. The predicted molar refractivity (Wildman–Crippen MR) is 135 cm³/mol. The van der Waals surface area contributed by atoms with Crippen molar-refractivity contribution < 1.29 is 4.74 Å². The minimum Gasteiger partial charge on any atom is -0.383 e. The van der Waals surface area contributed by atoms with E-state index in [-0.39, 0.29) is 24.0 Å². The Morgan fingerprint density at radius 3 is 2.41 bits per heavy atom. The summed E-state index contributed by atoms with van der Waals surface area (Å²) in [5, 5.41) is 10.2. The van der Waals surface area contributed by atoms with Crippen molar-refractivity contribution in [1.82, 2.24) is 15.5 Å². The zero-order valence-corrected chi connectivity index (χ0v) is 20.5. The van der Waals surface area contributed by atoms with Crippen LogP contribution in [0.15, 0.2) is 29.3 Å². The summed E-state index contributed by atoms with van der Waals surface area (Å²) in [6, 6.07) is 8.45. The Hall–Kier alpha value is -1.06. The second-order valence-corrected chi connectivity index (χ2v) is 7.35. The molecule has 0 amide bonds. The number of aliphatic imine (C=N–C) groups is 1. The molecule has 0 aliphatic carbocycles. The van der Waals surface area contributed by atoms with E-state index in [1.54, 1.807) is 7.11 Å². The first-order valence-corrected chi connectivity index (χ1v) is 10.9. The van der Waals surface area contributed by atoms with Crippen LogP contribution in [0.5, 0.6) is 0 Å². The molecule has 1 aromatic rings. The van der Waals surface area contributed by atoms with Crippen molar-refractivity contribution in [3.63, 3.8) is 0 Å². The number of anilines is 1. The van der Waals surface area contributed by atoms with Gasteiger partial charge in [-0.15, -0.1) is 24.0 Å². The van der Waals surface area contributed by atoms with Crippen molar-refractivity contribution in [3.8, 4) is 0 Å². The number of hydrogen-bond donors (Lipinski definition) is 3. The smallest absolute Gasteiger partial charge is 0.191 e. The highest BCUT2D eigenvalue weighted by Gasteiger charge is 2.08. The van der Waals surface area contributed by atoms with Crippen LogP contribution in [-0.4, -0.2) is 63.8 Å². The number of rotatable bonds is 11. The van der Waals surface area contributed by atoms with Gasteiger partial charge in [-0.05, 0) is 63.5 Å². The molecule has 6 nitrogen and oxygen atoms in total. The molecule has 0 bridgehead atoms. The van der Waals surface area contributed by atoms with Crippen LogP contribution in [0.4, 0.5) is 5.69 Å². The van der Waals surface area contributed by atoms with Gasteiger partial charge in [0.1, 0.15) is 0 Å². The van der Waals surface area contributed by atoms with Gasteiger partial charge in [-0.3, -0.25) is 0 Å². The number of guanidine groups is 1. The Balaban J connectivity index is 0.00000420. The highest BCUT2D eigenvalue weighted by atomic mass is 127. The first-order chi connectivity index (χ1) is 13.8. The van der Waals surface area contributed by atoms with E-state index in [4.69, 9.17) is 9.73 Å². The van der Waals surface area contributed by atoms with Gasteiger partial charge in [0.25, 0.3) is 0 Å². The Morgan fingerprint density at radius 1 is 1.03 bits per heavy atom. The molecule has 29 heavy (non-hydrogen) atoms. The molecule has 1 aromatic carbocycles. The maximum atomic E-state index is 5.06. The number of methoxy groups -OCH3 is 1. The third kappa shape index (κ3) is 11.6. The molecule has 3 N–H and O–H groups in total. The van der Waals surface area contributed by atoms with Crippen molar-refractivity contribution >= 4 is 35.6 Å². The van der Waals surface area contributed by atoms with Gasteiger partial charge < -0.3 is 25.6 Å². The highest BCUT2D eigenvalue weighted by molar-refractivity contribution is 14.0. The van der Waals surface area contributed by atoms with E-state index in [0.29, 0.717) is 13.2 Å². The fourth-order valence-corrected chi connectivity index (χ4v) is 3.41. The molecule has 1 aliphatic heterocycles. The SMILES string of the molecule is CCNC(=NCc1ccc(NCCOC)cc1)NCCCN1CCCCCC1.I. The number of ether oxygens (including phenoxy) is 1. The summed E-state index contributed by atoms with van der Waals surface area (Å²) in [5.41, 5.74) is 2.32. The summed E-state index contributed by atoms with van der Waals surface area (Å²) < 4.78 is 5.06. The average molecular weight is 518 g/mol.